The van der Waals surface area contributed by atoms with Crippen LogP contribution in [-0.2, 0) is 14.4 Å². The molecule has 0 unspecified atom stereocenters. The van der Waals surface area contributed by atoms with Crippen molar-refractivity contribution < 1.29 is 37.4 Å². The van der Waals surface area contributed by atoms with E-state index in [0.29, 0.717) is 25.1 Å². The minimum atomic E-state index is -5.08. The Hall–Kier alpha value is -2.62. The summed E-state index contributed by atoms with van der Waals surface area (Å²) >= 11 is 0. The van der Waals surface area contributed by atoms with Gasteiger partial charge in [0.2, 0.25) is 5.91 Å². The second kappa shape index (κ2) is 13.2. The number of carboxylic acid groups (broad SMARTS) is 1. The Labute approximate surface area is 192 Å². The van der Waals surface area contributed by atoms with E-state index in [0.717, 1.165) is 30.5 Å². The summed E-state index contributed by atoms with van der Waals surface area (Å²) in [7, 11) is 0. The summed E-state index contributed by atoms with van der Waals surface area (Å²) in [5.41, 5.74) is 2.12. The van der Waals surface area contributed by atoms with Gasteiger partial charge in [0.25, 0.3) is 0 Å². The number of para-hydroxylation sites is 1. The maximum absolute atomic E-state index is 12.3. The summed E-state index contributed by atoms with van der Waals surface area (Å²) in [6, 6.07) is 5.99. The van der Waals surface area contributed by atoms with E-state index in [1.165, 1.54) is 0 Å². The summed E-state index contributed by atoms with van der Waals surface area (Å²) in [6.07, 6.45) is -2.28. The lowest BCUT2D eigenvalue weighted by Crippen LogP contribution is -2.40. The van der Waals surface area contributed by atoms with Gasteiger partial charge in [-0.3, -0.25) is 9.59 Å². The monoisotopic (exact) mass is 474 g/mol. The summed E-state index contributed by atoms with van der Waals surface area (Å²) in [6.45, 7) is 9.80. The first-order valence-corrected chi connectivity index (χ1v) is 11.0. The molecule has 0 bridgehead atoms. The van der Waals surface area contributed by atoms with E-state index in [9.17, 15) is 22.8 Å². The normalized spacial score (nSPS) is 15.7. The van der Waals surface area contributed by atoms with Crippen molar-refractivity contribution in [2.75, 3.05) is 13.1 Å². The molecule has 1 saturated heterocycles. The van der Waals surface area contributed by atoms with Gasteiger partial charge >= 0.3 is 18.1 Å². The minimum absolute atomic E-state index is 0.0307. The van der Waals surface area contributed by atoms with E-state index in [1.54, 1.807) is 0 Å². The van der Waals surface area contributed by atoms with Gasteiger partial charge in [-0.25, -0.2) is 4.79 Å². The van der Waals surface area contributed by atoms with Crippen LogP contribution in [-0.4, -0.2) is 48.3 Å². The van der Waals surface area contributed by atoms with Crippen LogP contribution in [0.4, 0.5) is 13.2 Å². The average Bonchev–Trinajstić information content (AvgIpc) is 3.25. The van der Waals surface area contributed by atoms with E-state index in [-0.39, 0.29) is 29.8 Å². The van der Waals surface area contributed by atoms with Crippen LogP contribution in [0.3, 0.4) is 0 Å². The Morgan fingerprint density at radius 3 is 2.12 bits per heavy atom. The van der Waals surface area contributed by atoms with E-state index in [4.69, 9.17) is 14.6 Å². The van der Waals surface area contributed by atoms with Crippen molar-refractivity contribution in [1.29, 1.82) is 0 Å². The summed E-state index contributed by atoms with van der Waals surface area (Å²) < 4.78 is 37.5. The fourth-order valence-corrected chi connectivity index (χ4v) is 3.24. The zero-order valence-electron chi connectivity index (χ0n) is 19.4. The number of hydrogen-bond acceptors (Lipinski definition) is 5. The summed E-state index contributed by atoms with van der Waals surface area (Å²) in [5.74, 6) is -1.69. The van der Waals surface area contributed by atoms with Gasteiger partial charge in [0, 0.05) is 13.0 Å². The largest absolute Gasteiger partial charge is 0.490 e. The van der Waals surface area contributed by atoms with Gasteiger partial charge in [-0.05, 0) is 48.8 Å². The van der Waals surface area contributed by atoms with Crippen LogP contribution in [0.2, 0.25) is 0 Å². The molecular weight excluding hydrogens is 441 g/mol. The lowest BCUT2D eigenvalue weighted by molar-refractivity contribution is -0.192. The first kappa shape index (κ1) is 28.4. The number of aliphatic carboxylic acids is 1. The molecule has 1 aromatic rings. The smallest absolute Gasteiger partial charge is 0.475 e. The van der Waals surface area contributed by atoms with Gasteiger partial charge in [0.15, 0.2) is 0 Å². The highest BCUT2D eigenvalue weighted by molar-refractivity contribution is 5.82. The number of hydrogen-bond donors (Lipinski definition) is 3. The second-order valence-corrected chi connectivity index (χ2v) is 8.40. The molecule has 1 aliphatic heterocycles. The Morgan fingerprint density at radius 2 is 1.70 bits per heavy atom. The maximum Gasteiger partial charge on any atom is 0.490 e. The van der Waals surface area contributed by atoms with Crippen molar-refractivity contribution in [3.8, 4) is 5.75 Å². The number of esters is 1. The second-order valence-electron chi connectivity index (χ2n) is 8.40. The number of nitrogens with one attached hydrogen (secondary N) is 2. The fourth-order valence-electron chi connectivity index (χ4n) is 3.24. The molecule has 0 spiro atoms. The molecule has 7 nitrogen and oxygen atoms in total. The molecule has 186 valence electrons. The fraction of sp³-hybridized carbons (Fsp3) is 0.609. The van der Waals surface area contributed by atoms with Crippen LogP contribution in [0, 0.1) is 0 Å². The Bertz CT molecular complexity index is 778. The molecule has 0 aromatic heterocycles. The van der Waals surface area contributed by atoms with Gasteiger partial charge in [-0.2, -0.15) is 13.2 Å². The number of amides is 1. The molecule has 1 aromatic carbocycles. The number of alkyl halides is 3. The third-order valence-electron chi connectivity index (χ3n) is 5.01. The Morgan fingerprint density at radius 1 is 1.15 bits per heavy atom. The molecule has 3 N–H and O–H groups in total. The number of ether oxygens (including phenoxy) is 1. The number of carboxylic acids is 1. The molecule has 1 amide bonds. The molecule has 0 saturated carbocycles. The molecule has 1 heterocycles. The third kappa shape index (κ3) is 9.81. The highest BCUT2D eigenvalue weighted by atomic mass is 19.4. The number of carbonyl (C=O) groups is 3. The highest BCUT2D eigenvalue weighted by Gasteiger charge is 2.38. The lowest BCUT2D eigenvalue weighted by atomic mass is 9.94. The van der Waals surface area contributed by atoms with E-state index in [1.807, 2.05) is 18.2 Å². The number of halogens is 3. The first-order valence-electron chi connectivity index (χ1n) is 11.0. The molecule has 0 radical (unpaired) electrons. The highest BCUT2D eigenvalue weighted by Crippen LogP contribution is 2.34. The Balaban J connectivity index is 0.000000675. The van der Waals surface area contributed by atoms with Gasteiger partial charge < -0.3 is 20.5 Å². The molecule has 33 heavy (non-hydrogen) atoms. The molecular formula is C23H33F3N2O5. The van der Waals surface area contributed by atoms with Crippen molar-refractivity contribution in [3.05, 3.63) is 29.3 Å². The molecule has 1 atom stereocenters. The van der Waals surface area contributed by atoms with Crippen LogP contribution in [0.15, 0.2) is 18.2 Å². The van der Waals surface area contributed by atoms with Crippen molar-refractivity contribution in [1.82, 2.24) is 10.6 Å². The molecule has 10 heteroatoms. The zero-order valence-corrected chi connectivity index (χ0v) is 19.4. The van der Waals surface area contributed by atoms with E-state index < -0.39 is 12.1 Å². The molecule has 1 fully saturated rings. The standard InChI is InChI=1S/C21H32N2O3.C2HF3O2/c1-14(2)16-8-5-9-17(15(3)4)20(16)26-19(24)11-7-13-23-21(25)18-10-6-12-22-18;3-2(4,5)1(6)7/h5,8-9,14-15,18,22H,6-7,10-13H2,1-4H3,(H,23,25);(H,6,7)/t18-;/m0./s1. The molecule has 2 rings (SSSR count). The van der Waals surface area contributed by atoms with Crippen LogP contribution in [0.5, 0.6) is 5.75 Å². The first-order chi connectivity index (χ1) is 15.3. The van der Waals surface area contributed by atoms with Crippen molar-refractivity contribution in [2.45, 2.75) is 77.4 Å². The predicted octanol–water partition coefficient (Wildman–Crippen LogP) is 4.12. The number of benzene rings is 1. The van der Waals surface area contributed by atoms with Gasteiger partial charge in [-0.15, -0.1) is 0 Å². The van der Waals surface area contributed by atoms with Gasteiger partial charge in [0.1, 0.15) is 5.75 Å². The third-order valence-corrected chi connectivity index (χ3v) is 5.01. The van der Waals surface area contributed by atoms with Crippen molar-refractivity contribution in [2.24, 2.45) is 0 Å². The molecule has 0 aliphatic carbocycles. The maximum atomic E-state index is 12.3. The van der Waals surface area contributed by atoms with E-state index in [2.05, 4.69) is 38.3 Å². The number of rotatable bonds is 8. The summed E-state index contributed by atoms with van der Waals surface area (Å²) in [5, 5.41) is 13.2. The quantitative estimate of drug-likeness (QED) is 0.297. The molecule has 1 aliphatic rings. The van der Waals surface area contributed by atoms with Crippen molar-refractivity contribution >= 4 is 17.8 Å². The summed E-state index contributed by atoms with van der Waals surface area (Å²) in [4.78, 5) is 33.1. The van der Waals surface area contributed by atoms with E-state index >= 15 is 0 Å². The van der Waals surface area contributed by atoms with Crippen LogP contribution >= 0.6 is 0 Å². The number of carbonyl (C=O) groups excluding carboxylic acids is 2. The average molecular weight is 475 g/mol. The topological polar surface area (TPSA) is 105 Å². The predicted molar refractivity (Wildman–Crippen MR) is 117 cm³/mol. The lowest BCUT2D eigenvalue weighted by Gasteiger charge is -2.19. The van der Waals surface area contributed by atoms with Crippen molar-refractivity contribution in [3.63, 3.8) is 0 Å². The Kier molecular flexibility index (Phi) is 11.3. The van der Waals surface area contributed by atoms with Gasteiger partial charge in [0.05, 0.1) is 6.04 Å². The van der Waals surface area contributed by atoms with Crippen LogP contribution in [0.25, 0.3) is 0 Å². The SMILES string of the molecule is CC(C)c1cccc(C(C)C)c1OC(=O)CCCNC(=O)[C@@H]1CCCN1.O=C(O)C(F)(F)F. The van der Waals surface area contributed by atoms with Crippen LogP contribution < -0.4 is 15.4 Å². The van der Waals surface area contributed by atoms with Crippen LogP contribution in [0.1, 0.15) is 76.3 Å². The van der Waals surface area contributed by atoms with Gasteiger partial charge in [-0.1, -0.05) is 45.9 Å². The minimum Gasteiger partial charge on any atom is -0.475 e. The zero-order chi connectivity index (χ0) is 25.2.